The molecule has 0 radical (unpaired) electrons. The van der Waals surface area contributed by atoms with Gasteiger partial charge in [-0.3, -0.25) is 0 Å². The van der Waals surface area contributed by atoms with Crippen molar-refractivity contribution < 1.29 is 18.3 Å². The lowest BCUT2D eigenvalue weighted by Gasteiger charge is -2.09. The maximum atomic E-state index is 13.3. The molecule has 1 aromatic rings. The minimum Gasteiger partial charge on any atom is -0.382 e. The molecule has 0 bridgehead atoms. The highest BCUT2D eigenvalue weighted by Crippen LogP contribution is 2.22. The molecule has 0 unspecified atom stereocenters. The largest absolute Gasteiger partial charge is 0.382 e. The quantitative estimate of drug-likeness (QED) is 0.620. The molecule has 0 spiro atoms. The van der Waals surface area contributed by atoms with Crippen molar-refractivity contribution in [2.45, 2.75) is 0 Å². The number of methoxy groups -OCH3 is 1. The maximum absolute atomic E-state index is 13.3. The maximum Gasteiger partial charge on any atom is 0.147 e. The van der Waals surface area contributed by atoms with E-state index < -0.39 is 11.6 Å². The third-order valence-electron chi connectivity index (χ3n) is 2.00. The summed E-state index contributed by atoms with van der Waals surface area (Å²) >= 11 is 2.91. The van der Waals surface area contributed by atoms with Gasteiger partial charge in [0.15, 0.2) is 0 Å². The van der Waals surface area contributed by atoms with Gasteiger partial charge in [-0.15, -0.1) is 0 Å². The molecule has 0 aliphatic heterocycles. The number of hydrogen-bond acceptors (Lipinski definition) is 3. The van der Waals surface area contributed by atoms with E-state index in [0.29, 0.717) is 26.4 Å². The normalized spacial score (nSPS) is 10.6. The topological polar surface area (TPSA) is 30.5 Å². The summed E-state index contributed by atoms with van der Waals surface area (Å²) in [5.41, 5.74) is 0.126. The summed E-state index contributed by atoms with van der Waals surface area (Å²) in [6.07, 6.45) is 0. The van der Waals surface area contributed by atoms with Crippen molar-refractivity contribution in [3.05, 3.63) is 28.2 Å². The fraction of sp³-hybridized carbons (Fsp3) is 0.455. The van der Waals surface area contributed by atoms with Gasteiger partial charge >= 0.3 is 0 Å². The van der Waals surface area contributed by atoms with E-state index in [1.807, 2.05) is 0 Å². The highest BCUT2D eigenvalue weighted by atomic mass is 79.9. The molecule has 96 valence electrons. The molecule has 1 N–H and O–H groups in total. The van der Waals surface area contributed by atoms with Crippen LogP contribution in [0, 0.1) is 11.6 Å². The lowest BCUT2D eigenvalue weighted by molar-refractivity contribution is 0.0759. The van der Waals surface area contributed by atoms with Gasteiger partial charge in [0, 0.05) is 19.7 Å². The van der Waals surface area contributed by atoms with Crippen LogP contribution >= 0.6 is 15.9 Å². The summed E-state index contributed by atoms with van der Waals surface area (Å²) in [5, 5.41) is 2.76. The first kappa shape index (κ1) is 14.3. The molecule has 6 heteroatoms. The highest BCUT2D eigenvalue weighted by molar-refractivity contribution is 9.10. The Labute approximate surface area is 107 Å². The van der Waals surface area contributed by atoms with Crippen molar-refractivity contribution in [3.63, 3.8) is 0 Å². The van der Waals surface area contributed by atoms with Crippen molar-refractivity contribution in [1.82, 2.24) is 0 Å². The summed E-state index contributed by atoms with van der Waals surface area (Å²) in [4.78, 5) is 0. The van der Waals surface area contributed by atoms with Crippen LogP contribution in [0.25, 0.3) is 0 Å². The Morgan fingerprint density at radius 2 is 1.94 bits per heavy atom. The zero-order valence-electron chi connectivity index (χ0n) is 9.43. The average molecular weight is 310 g/mol. The molecule has 17 heavy (non-hydrogen) atoms. The number of hydrogen-bond donors (Lipinski definition) is 1. The Bertz CT molecular complexity index is 364. The molecular weight excluding hydrogens is 296 g/mol. The van der Waals surface area contributed by atoms with Gasteiger partial charge in [-0.05, 0) is 22.0 Å². The van der Waals surface area contributed by atoms with Crippen LogP contribution in [-0.2, 0) is 9.47 Å². The second-order valence-corrected chi connectivity index (χ2v) is 4.13. The van der Waals surface area contributed by atoms with E-state index >= 15 is 0 Å². The number of benzene rings is 1. The second-order valence-electron chi connectivity index (χ2n) is 3.28. The zero-order valence-corrected chi connectivity index (χ0v) is 11.0. The minimum absolute atomic E-state index is 0.108. The molecule has 0 aliphatic rings. The molecule has 1 rings (SSSR count). The van der Waals surface area contributed by atoms with E-state index in [0.717, 1.165) is 12.1 Å². The average Bonchev–Trinajstić information content (AvgIpc) is 2.30. The van der Waals surface area contributed by atoms with Crippen LogP contribution in [0.5, 0.6) is 0 Å². The summed E-state index contributed by atoms with van der Waals surface area (Å²) in [5.74, 6) is -1.01. The Morgan fingerprint density at radius 3 is 2.65 bits per heavy atom. The Morgan fingerprint density at radius 1 is 1.18 bits per heavy atom. The molecule has 1 aromatic carbocycles. The van der Waals surface area contributed by atoms with E-state index in [4.69, 9.17) is 9.47 Å². The lowest BCUT2D eigenvalue weighted by atomic mass is 10.3. The predicted molar refractivity (Wildman–Crippen MR) is 65.2 cm³/mol. The van der Waals surface area contributed by atoms with Crippen molar-refractivity contribution in [1.29, 1.82) is 0 Å². The van der Waals surface area contributed by atoms with Crippen LogP contribution in [0.2, 0.25) is 0 Å². The second kappa shape index (κ2) is 7.58. The zero-order chi connectivity index (χ0) is 12.7. The van der Waals surface area contributed by atoms with Crippen LogP contribution in [0.15, 0.2) is 16.6 Å². The van der Waals surface area contributed by atoms with Gasteiger partial charge in [0.05, 0.1) is 30.0 Å². The Balaban J connectivity index is 2.34. The van der Waals surface area contributed by atoms with Gasteiger partial charge in [-0.25, -0.2) is 8.78 Å². The molecule has 0 saturated heterocycles. The molecule has 0 aliphatic carbocycles. The predicted octanol–water partition coefficient (Wildman–Crippen LogP) is 2.80. The van der Waals surface area contributed by atoms with Gasteiger partial charge in [-0.1, -0.05) is 0 Å². The van der Waals surface area contributed by atoms with Crippen LogP contribution in [0.3, 0.4) is 0 Å². The molecule has 0 aromatic heterocycles. The van der Waals surface area contributed by atoms with Crippen LogP contribution < -0.4 is 5.32 Å². The van der Waals surface area contributed by atoms with E-state index in [1.165, 1.54) is 0 Å². The molecule has 0 saturated carbocycles. The van der Waals surface area contributed by atoms with Gasteiger partial charge < -0.3 is 14.8 Å². The smallest absolute Gasteiger partial charge is 0.147 e. The SMILES string of the molecule is COCCOCCNc1cc(F)c(Br)cc1F. The first-order chi connectivity index (χ1) is 8.15. The molecule has 0 heterocycles. The van der Waals surface area contributed by atoms with E-state index in [9.17, 15) is 8.78 Å². The summed E-state index contributed by atoms with van der Waals surface area (Å²) in [7, 11) is 1.58. The molecule has 3 nitrogen and oxygen atoms in total. The number of nitrogens with one attached hydrogen (secondary N) is 1. The van der Waals surface area contributed by atoms with Gasteiger partial charge in [0.25, 0.3) is 0 Å². The van der Waals surface area contributed by atoms with Crippen molar-refractivity contribution in [2.75, 3.05) is 38.8 Å². The Kier molecular flexibility index (Phi) is 6.39. The van der Waals surface area contributed by atoms with Crippen LogP contribution in [0.4, 0.5) is 14.5 Å². The number of anilines is 1. The van der Waals surface area contributed by atoms with Crippen molar-refractivity contribution in [2.24, 2.45) is 0 Å². The van der Waals surface area contributed by atoms with E-state index in [2.05, 4.69) is 21.2 Å². The molecule has 0 fully saturated rings. The number of rotatable bonds is 7. The number of halogens is 3. The summed E-state index contributed by atoms with van der Waals surface area (Å²) < 4.78 is 36.6. The van der Waals surface area contributed by atoms with Gasteiger partial charge in [-0.2, -0.15) is 0 Å². The third kappa shape index (κ3) is 4.97. The minimum atomic E-state index is -0.505. The monoisotopic (exact) mass is 309 g/mol. The van der Waals surface area contributed by atoms with Gasteiger partial charge in [0.2, 0.25) is 0 Å². The summed E-state index contributed by atoms with van der Waals surface area (Å²) in [6.45, 7) is 1.80. The lowest BCUT2D eigenvalue weighted by Crippen LogP contribution is -2.12. The molecule has 0 amide bonds. The molecule has 0 atom stereocenters. The highest BCUT2D eigenvalue weighted by Gasteiger charge is 2.07. The molecular formula is C11H14BrF2NO2. The third-order valence-corrected chi connectivity index (χ3v) is 2.61. The first-order valence-electron chi connectivity index (χ1n) is 5.10. The Hall–Kier alpha value is -0.720. The van der Waals surface area contributed by atoms with Crippen LogP contribution in [-0.4, -0.2) is 33.5 Å². The van der Waals surface area contributed by atoms with E-state index in [-0.39, 0.29) is 10.2 Å². The van der Waals surface area contributed by atoms with Crippen molar-refractivity contribution >= 4 is 21.6 Å². The van der Waals surface area contributed by atoms with E-state index in [1.54, 1.807) is 7.11 Å². The fourth-order valence-electron chi connectivity index (χ4n) is 1.16. The standard InChI is InChI=1S/C11H14BrF2NO2/c1-16-4-5-17-3-2-15-11-7-9(13)8(12)6-10(11)14/h6-7,15H,2-5H2,1H3. The van der Waals surface area contributed by atoms with Gasteiger partial charge in [0.1, 0.15) is 11.6 Å². The van der Waals surface area contributed by atoms with Crippen molar-refractivity contribution in [3.8, 4) is 0 Å². The van der Waals surface area contributed by atoms with Crippen LogP contribution in [0.1, 0.15) is 0 Å². The number of ether oxygens (including phenoxy) is 2. The fourth-order valence-corrected chi connectivity index (χ4v) is 1.48. The first-order valence-corrected chi connectivity index (χ1v) is 5.89. The summed E-state index contributed by atoms with van der Waals surface area (Å²) in [6, 6.07) is 2.19.